The van der Waals surface area contributed by atoms with Crippen molar-refractivity contribution in [1.82, 2.24) is 0 Å². The molecule has 2 atom stereocenters. The molecular formula is C15H22FNO3. The molecule has 5 heteroatoms. The fourth-order valence-corrected chi connectivity index (χ4v) is 3.01. The zero-order chi connectivity index (χ0) is 14.8. The second-order valence-corrected chi connectivity index (χ2v) is 5.53. The second kappa shape index (κ2) is 5.68. The lowest BCUT2D eigenvalue weighted by molar-refractivity contribution is -0.141. The normalized spacial score (nSPS) is 26.1. The van der Waals surface area contributed by atoms with E-state index in [1.54, 1.807) is 19.1 Å². The highest BCUT2D eigenvalue weighted by Gasteiger charge is 2.51. The Kier molecular flexibility index (Phi) is 4.32. The molecule has 0 aromatic heterocycles. The monoisotopic (exact) mass is 283 g/mol. The molecule has 1 aliphatic heterocycles. The van der Waals surface area contributed by atoms with E-state index in [4.69, 9.17) is 15.2 Å². The van der Waals surface area contributed by atoms with E-state index >= 15 is 0 Å². The summed E-state index contributed by atoms with van der Waals surface area (Å²) in [5, 5.41) is 11.1. The maximum atomic E-state index is 14.3. The van der Waals surface area contributed by atoms with Crippen LogP contribution in [0, 0.1) is 11.2 Å². The van der Waals surface area contributed by atoms with Crippen LogP contribution in [0.25, 0.3) is 0 Å². The van der Waals surface area contributed by atoms with Crippen molar-refractivity contribution in [2.75, 3.05) is 26.9 Å². The first-order valence-corrected chi connectivity index (χ1v) is 6.82. The van der Waals surface area contributed by atoms with Crippen LogP contribution in [0.15, 0.2) is 18.2 Å². The number of rotatable bonds is 4. The summed E-state index contributed by atoms with van der Waals surface area (Å²) in [7, 11) is 1.46. The molecule has 1 saturated heterocycles. The highest BCUT2D eigenvalue weighted by Crippen LogP contribution is 2.48. The highest BCUT2D eigenvalue weighted by atomic mass is 19.1. The van der Waals surface area contributed by atoms with Crippen LogP contribution in [0.1, 0.15) is 25.3 Å². The molecular weight excluding hydrogens is 261 g/mol. The molecule has 0 saturated carbocycles. The summed E-state index contributed by atoms with van der Waals surface area (Å²) < 4.78 is 25.0. The number of hydrogen-bond donors (Lipinski definition) is 2. The summed E-state index contributed by atoms with van der Waals surface area (Å²) in [6.07, 6.45) is 1.48. The highest BCUT2D eigenvalue weighted by molar-refractivity contribution is 5.40. The van der Waals surface area contributed by atoms with Gasteiger partial charge in [0, 0.05) is 18.6 Å². The first-order chi connectivity index (χ1) is 9.48. The van der Waals surface area contributed by atoms with Crippen molar-refractivity contribution in [3.05, 3.63) is 29.6 Å². The number of nitrogens with two attached hydrogens (primary N) is 1. The van der Waals surface area contributed by atoms with Crippen molar-refractivity contribution < 1.29 is 19.0 Å². The Labute approximate surface area is 118 Å². The third-order valence-corrected chi connectivity index (χ3v) is 4.43. The Morgan fingerprint density at radius 1 is 1.55 bits per heavy atom. The molecule has 1 aromatic rings. The Morgan fingerprint density at radius 3 is 2.85 bits per heavy atom. The molecule has 0 bridgehead atoms. The maximum absolute atomic E-state index is 14.3. The fraction of sp³-hybridized carbons (Fsp3) is 0.600. The largest absolute Gasteiger partial charge is 0.496 e. The molecule has 0 amide bonds. The topological polar surface area (TPSA) is 64.7 Å². The molecule has 4 nitrogen and oxygen atoms in total. The van der Waals surface area contributed by atoms with E-state index in [0.29, 0.717) is 25.4 Å². The van der Waals surface area contributed by atoms with Crippen molar-refractivity contribution in [2.45, 2.75) is 25.4 Å². The smallest absolute Gasteiger partial charge is 0.133 e. The van der Waals surface area contributed by atoms with Gasteiger partial charge in [0.1, 0.15) is 17.2 Å². The van der Waals surface area contributed by atoms with Gasteiger partial charge in [-0.25, -0.2) is 4.39 Å². The summed E-state index contributed by atoms with van der Waals surface area (Å²) in [4.78, 5) is 0. The molecule has 0 aliphatic carbocycles. The third kappa shape index (κ3) is 2.30. The summed E-state index contributed by atoms with van der Waals surface area (Å²) in [6, 6.07) is 4.52. The van der Waals surface area contributed by atoms with E-state index < -0.39 is 16.8 Å². The quantitative estimate of drug-likeness (QED) is 0.884. The molecule has 1 heterocycles. The van der Waals surface area contributed by atoms with Gasteiger partial charge in [-0.1, -0.05) is 6.07 Å². The molecule has 0 spiro atoms. The number of methoxy groups -OCH3 is 1. The van der Waals surface area contributed by atoms with Gasteiger partial charge in [-0.05, 0) is 31.9 Å². The second-order valence-electron chi connectivity index (χ2n) is 5.53. The van der Waals surface area contributed by atoms with Crippen molar-refractivity contribution >= 4 is 0 Å². The predicted octanol–water partition coefficient (Wildman–Crippen LogP) is 1.80. The van der Waals surface area contributed by atoms with Gasteiger partial charge in [0.2, 0.25) is 0 Å². The lowest BCUT2D eigenvalue weighted by Gasteiger charge is -2.47. The molecule has 20 heavy (non-hydrogen) atoms. The summed E-state index contributed by atoms with van der Waals surface area (Å²) in [5.74, 6) is -0.166. The first kappa shape index (κ1) is 15.2. The van der Waals surface area contributed by atoms with E-state index in [1.807, 2.05) is 0 Å². The molecule has 1 aromatic carbocycles. The van der Waals surface area contributed by atoms with Gasteiger partial charge in [0.05, 0.1) is 19.3 Å². The van der Waals surface area contributed by atoms with Crippen LogP contribution in [0.3, 0.4) is 0 Å². The number of halogens is 1. The average molecular weight is 283 g/mol. The predicted molar refractivity (Wildman–Crippen MR) is 74.1 cm³/mol. The van der Waals surface area contributed by atoms with Crippen LogP contribution < -0.4 is 10.5 Å². The van der Waals surface area contributed by atoms with E-state index in [0.717, 1.165) is 6.42 Å². The van der Waals surface area contributed by atoms with Crippen LogP contribution >= 0.6 is 0 Å². The lowest BCUT2D eigenvalue weighted by atomic mass is 9.66. The molecule has 1 aliphatic rings. The number of aliphatic hydroxyl groups is 1. The Hall–Kier alpha value is -1.17. The molecule has 3 N–H and O–H groups in total. The van der Waals surface area contributed by atoms with Crippen molar-refractivity contribution in [3.63, 3.8) is 0 Å². The van der Waals surface area contributed by atoms with Gasteiger partial charge >= 0.3 is 0 Å². The van der Waals surface area contributed by atoms with Gasteiger partial charge in [-0.3, -0.25) is 0 Å². The SMILES string of the molecule is COc1cccc(F)c1C(C)(O)C1(CN)CCCOC1. The standard InChI is InChI=1S/C15H22FNO3/c1-14(18,15(9-17)7-4-8-20-10-15)13-11(16)5-3-6-12(13)19-2/h3,5-6,18H,4,7-10,17H2,1-2H3. The fourth-order valence-electron chi connectivity index (χ4n) is 3.01. The Balaban J connectivity index is 2.53. The minimum absolute atomic E-state index is 0.151. The van der Waals surface area contributed by atoms with E-state index in [9.17, 15) is 9.50 Å². The summed E-state index contributed by atoms with van der Waals surface area (Å²) in [6.45, 7) is 2.77. The van der Waals surface area contributed by atoms with Crippen molar-refractivity contribution in [2.24, 2.45) is 11.1 Å². The van der Waals surface area contributed by atoms with Crippen molar-refractivity contribution in [3.8, 4) is 5.75 Å². The van der Waals surface area contributed by atoms with Crippen molar-refractivity contribution in [1.29, 1.82) is 0 Å². The third-order valence-electron chi connectivity index (χ3n) is 4.43. The minimum atomic E-state index is -1.46. The maximum Gasteiger partial charge on any atom is 0.133 e. The van der Waals surface area contributed by atoms with Gasteiger partial charge in [-0.2, -0.15) is 0 Å². The molecule has 1 fully saturated rings. The van der Waals surface area contributed by atoms with Gasteiger partial charge < -0.3 is 20.3 Å². The zero-order valence-corrected chi connectivity index (χ0v) is 12.0. The van der Waals surface area contributed by atoms with E-state index in [2.05, 4.69) is 0 Å². The van der Waals surface area contributed by atoms with E-state index in [1.165, 1.54) is 13.2 Å². The lowest BCUT2D eigenvalue weighted by Crippen LogP contribution is -2.53. The molecule has 0 radical (unpaired) electrons. The minimum Gasteiger partial charge on any atom is -0.496 e. The average Bonchev–Trinajstić information content (AvgIpc) is 2.47. The van der Waals surface area contributed by atoms with Gasteiger partial charge in [0.15, 0.2) is 0 Å². The number of hydrogen-bond acceptors (Lipinski definition) is 4. The van der Waals surface area contributed by atoms with Crippen LogP contribution in [-0.4, -0.2) is 32.0 Å². The number of ether oxygens (including phenoxy) is 2. The summed E-state index contributed by atoms with van der Waals surface area (Å²) >= 11 is 0. The first-order valence-electron chi connectivity index (χ1n) is 6.82. The Morgan fingerprint density at radius 2 is 2.30 bits per heavy atom. The van der Waals surface area contributed by atoms with Crippen LogP contribution in [0.4, 0.5) is 4.39 Å². The number of benzene rings is 1. The van der Waals surface area contributed by atoms with Gasteiger partial charge in [-0.15, -0.1) is 0 Å². The van der Waals surface area contributed by atoms with Crippen LogP contribution in [0.5, 0.6) is 5.75 Å². The van der Waals surface area contributed by atoms with E-state index in [-0.39, 0.29) is 12.1 Å². The summed E-state index contributed by atoms with van der Waals surface area (Å²) in [5.41, 5.74) is 3.88. The zero-order valence-electron chi connectivity index (χ0n) is 12.0. The molecule has 112 valence electrons. The van der Waals surface area contributed by atoms with Crippen LogP contribution in [0.2, 0.25) is 0 Å². The molecule has 2 unspecified atom stereocenters. The Bertz CT molecular complexity index is 470. The van der Waals surface area contributed by atoms with Gasteiger partial charge in [0.25, 0.3) is 0 Å². The molecule has 2 rings (SSSR count). The van der Waals surface area contributed by atoms with Crippen LogP contribution in [-0.2, 0) is 10.3 Å².